The quantitative estimate of drug-likeness (QED) is 0.770. The van der Waals surface area contributed by atoms with Gasteiger partial charge in [0, 0.05) is 13.6 Å². The molecule has 7 heteroatoms. The first kappa shape index (κ1) is 15.7. The summed E-state index contributed by atoms with van der Waals surface area (Å²) in [6.07, 6.45) is -3.93. The molecule has 0 aromatic rings. The molecule has 0 heterocycles. The van der Waals surface area contributed by atoms with Crippen molar-refractivity contribution < 1.29 is 18.0 Å². The van der Waals surface area contributed by atoms with Gasteiger partial charge in [0.25, 0.3) is 0 Å². The van der Waals surface area contributed by atoms with E-state index in [-0.39, 0.29) is 12.5 Å². The smallest absolute Gasteiger partial charge is 0.358 e. The van der Waals surface area contributed by atoms with Gasteiger partial charge in [-0.15, -0.1) is 0 Å². The zero-order chi connectivity index (χ0) is 13.5. The Morgan fingerprint density at radius 1 is 1.53 bits per heavy atom. The van der Waals surface area contributed by atoms with Crippen molar-refractivity contribution in [2.45, 2.75) is 19.5 Å². The number of carbonyl (C=O) groups excluding carboxylic acids is 1. The van der Waals surface area contributed by atoms with Crippen LogP contribution >= 0.6 is 0 Å². The third-order valence-corrected chi connectivity index (χ3v) is 2.18. The van der Waals surface area contributed by atoms with Crippen LogP contribution in [0.2, 0.25) is 0 Å². The normalized spacial score (nSPS) is 13.2. The van der Waals surface area contributed by atoms with Crippen molar-refractivity contribution in [3.05, 3.63) is 0 Å². The van der Waals surface area contributed by atoms with Gasteiger partial charge in [-0.25, -0.2) is 0 Å². The Morgan fingerprint density at radius 2 is 2.12 bits per heavy atom. The van der Waals surface area contributed by atoms with Gasteiger partial charge in [-0.1, -0.05) is 6.92 Å². The Labute approximate surface area is 98.4 Å². The minimum absolute atomic E-state index is 0.126. The van der Waals surface area contributed by atoms with E-state index in [1.54, 1.807) is 6.92 Å². The van der Waals surface area contributed by atoms with Crippen LogP contribution in [0.3, 0.4) is 0 Å². The second kappa shape index (κ2) is 7.12. The lowest BCUT2D eigenvalue weighted by atomic mass is 10.1. The Kier molecular flexibility index (Phi) is 6.58. The van der Waals surface area contributed by atoms with E-state index in [0.717, 1.165) is 0 Å². The molecule has 1 unspecified atom stereocenters. The van der Waals surface area contributed by atoms with Crippen LogP contribution in [0.4, 0.5) is 13.2 Å². The lowest BCUT2D eigenvalue weighted by molar-refractivity contribution is -0.163. The number of hydrogen-bond donors (Lipinski definition) is 1. The SMILES string of the molecule is CCCN(CC(=O)NC)CC(C#N)C(F)(F)F. The maximum Gasteiger partial charge on any atom is 0.405 e. The standard InChI is InChI=1S/C10H16F3N3O/c1-3-4-16(7-9(17)15-2)6-8(5-14)10(11,12)13/h8H,3-4,6-7H2,1-2H3,(H,15,17). The fraction of sp³-hybridized carbons (Fsp3) is 0.800. The van der Waals surface area contributed by atoms with E-state index in [2.05, 4.69) is 5.32 Å². The topological polar surface area (TPSA) is 56.1 Å². The van der Waals surface area contributed by atoms with Gasteiger partial charge in [-0.2, -0.15) is 18.4 Å². The number of nitriles is 1. The molecule has 1 N–H and O–H groups in total. The number of nitrogens with one attached hydrogen (secondary N) is 1. The molecule has 1 amide bonds. The molecule has 0 radical (unpaired) electrons. The molecule has 98 valence electrons. The van der Waals surface area contributed by atoms with Crippen molar-refractivity contribution in [3.63, 3.8) is 0 Å². The predicted octanol–water partition coefficient (Wildman–Crippen LogP) is 1.15. The number of likely N-dealkylation sites (N-methyl/N-ethyl adjacent to an activating group) is 1. The van der Waals surface area contributed by atoms with E-state index in [0.29, 0.717) is 13.0 Å². The number of halogens is 3. The van der Waals surface area contributed by atoms with Gasteiger partial charge in [0.2, 0.25) is 5.91 Å². The third-order valence-electron chi connectivity index (χ3n) is 2.18. The van der Waals surface area contributed by atoms with Crippen LogP contribution in [0.1, 0.15) is 13.3 Å². The van der Waals surface area contributed by atoms with E-state index in [1.807, 2.05) is 0 Å². The van der Waals surface area contributed by atoms with Crippen LogP contribution in [-0.4, -0.2) is 43.7 Å². The van der Waals surface area contributed by atoms with Gasteiger partial charge in [-0.3, -0.25) is 9.69 Å². The van der Waals surface area contributed by atoms with E-state index in [4.69, 9.17) is 5.26 Å². The maximum absolute atomic E-state index is 12.4. The minimum Gasteiger partial charge on any atom is -0.358 e. The van der Waals surface area contributed by atoms with Crippen molar-refractivity contribution in [2.24, 2.45) is 5.92 Å². The molecule has 0 aliphatic carbocycles. The summed E-state index contributed by atoms with van der Waals surface area (Å²) >= 11 is 0. The number of amides is 1. The molecule has 0 spiro atoms. The van der Waals surface area contributed by atoms with E-state index in [1.165, 1.54) is 18.0 Å². The molecule has 0 saturated carbocycles. The average molecular weight is 251 g/mol. The molecule has 0 saturated heterocycles. The molecular weight excluding hydrogens is 235 g/mol. The molecule has 0 aromatic carbocycles. The summed E-state index contributed by atoms with van der Waals surface area (Å²) in [6.45, 7) is 1.55. The van der Waals surface area contributed by atoms with Crippen molar-refractivity contribution in [1.29, 1.82) is 5.26 Å². The summed E-state index contributed by atoms with van der Waals surface area (Å²) in [4.78, 5) is 12.4. The molecule has 0 aliphatic heterocycles. The fourth-order valence-electron chi connectivity index (χ4n) is 1.31. The number of carbonyl (C=O) groups is 1. The van der Waals surface area contributed by atoms with Gasteiger partial charge >= 0.3 is 6.18 Å². The largest absolute Gasteiger partial charge is 0.405 e. The second-order valence-electron chi connectivity index (χ2n) is 3.63. The highest BCUT2D eigenvalue weighted by Crippen LogP contribution is 2.26. The lowest BCUT2D eigenvalue weighted by Crippen LogP contribution is -2.41. The average Bonchev–Trinajstić information content (AvgIpc) is 2.23. The summed E-state index contributed by atoms with van der Waals surface area (Å²) < 4.78 is 37.2. The molecule has 1 atom stereocenters. The highest BCUT2D eigenvalue weighted by molar-refractivity contribution is 5.77. The van der Waals surface area contributed by atoms with Crippen molar-refractivity contribution in [3.8, 4) is 6.07 Å². The van der Waals surface area contributed by atoms with Gasteiger partial charge in [0.05, 0.1) is 12.6 Å². The summed E-state index contributed by atoms with van der Waals surface area (Å²) in [6, 6.07) is 1.22. The van der Waals surface area contributed by atoms with Crippen LogP contribution in [0.5, 0.6) is 0 Å². The number of rotatable bonds is 6. The molecule has 4 nitrogen and oxygen atoms in total. The molecule has 0 bridgehead atoms. The molecular formula is C10H16F3N3O. The highest BCUT2D eigenvalue weighted by atomic mass is 19.4. The fourth-order valence-corrected chi connectivity index (χ4v) is 1.31. The van der Waals surface area contributed by atoms with Crippen LogP contribution in [0.15, 0.2) is 0 Å². The van der Waals surface area contributed by atoms with Gasteiger partial charge in [0.15, 0.2) is 5.92 Å². The van der Waals surface area contributed by atoms with Crippen LogP contribution in [-0.2, 0) is 4.79 Å². The number of nitrogens with zero attached hydrogens (tertiary/aromatic N) is 2. The molecule has 0 rings (SSSR count). The highest BCUT2D eigenvalue weighted by Gasteiger charge is 2.40. The number of alkyl halides is 3. The first-order valence-corrected chi connectivity index (χ1v) is 5.24. The van der Waals surface area contributed by atoms with Crippen molar-refractivity contribution in [1.82, 2.24) is 10.2 Å². The molecule has 0 aromatic heterocycles. The zero-order valence-corrected chi connectivity index (χ0v) is 9.84. The first-order chi connectivity index (χ1) is 7.85. The first-order valence-electron chi connectivity index (χ1n) is 5.24. The summed E-state index contributed by atoms with van der Waals surface area (Å²) in [5.41, 5.74) is 0. The number of hydrogen-bond acceptors (Lipinski definition) is 3. The van der Waals surface area contributed by atoms with Gasteiger partial charge < -0.3 is 5.32 Å². The second-order valence-corrected chi connectivity index (χ2v) is 3.63. The van der Waals surface area contributed by atoms with E-state index in [9.17, 15) is 18.0 Å². The molecule has 0 aliphatic rings. The Balaban J connectivity index is 4.52. The van der Waals surface area contributed by atoms with Gasteiger partial charge in [0.1, 0.15) is 0 Å². The van der Waals surface area contributed by atoms with Crippen LogP contribution < -0.4 is 5.32 Å². The Morgan fingerprint density at radius 3 is 2.47 bits per heavy atom. The van der Waals surface area contributed by atoms with Crippen LogP contribution in [0, 0.1) is 17.2 Å². The maximum atomic E-state index is 12.4. The predicted molar refractivity (Wildman–Crippen MR) is 56.0 cm³/mol. The summed E-state index contributed by atoms with van der Waals surface area (Å²) in [5, 5.41) is 10.8. The van der Waals surface area contributed by atoms with E-state index < -0.39 is 18.6 Å². The Bertz CT molecular complexity index is 286. The third kappa shape index (κ3) is 6.12. The monoisotopic (exact) mass is 251 g/mol. The van der Waals surface area contributed by atoms with Crippen molar-refractivity contribution >= 4 is 5.91 Å². The molecule has 0 fully saturated rings. The van der Waals surface area contributed by atoms with Crippen LogP contribution in [0.25, 0.3) is 0 Å². The minimum atomic E-state index is -4.55. The summed E-state index contributed by atoms with van der Waals surface area (Å²) in [5.74, 6) is -2.42. The summed E-state index contributed by atoms with van der Waals surface area (Å²) in [7, 11) is 1.41. The zero-order valence-electron chi connectivity index (χ0n) is 9.84. The Hall–Kier alpha value is -1.29. The molecule has 17 heavy (non-hydrogen) atoms. The van der Waals surface area contributed by atoms with Crippen molar-refractivity contribution in [2.75, 3.05) is 26.7 Å². The lowest BCUT2D eigenvalue weighted by Gasteiger charge is -2.24. The van der Waals surface area contributed by atoms with Gasteiger partial charge in [-0.05, 0) is 13.0 Å². The van der Waals surface area contributed by atoms with E-state index >= 15 is 0 Å².